The maximum Gasteiger partial charge on any atom is 0.416 e. The first-order valence-corrected chi connectivity index (χ1v) is 11.6. The van der Waals surface area contributed by atoms with Gasteiger partial charge in [-0.1, -0.05) is 6.42 Å². The number of anilines is 1. The molecule has 33 heavy (non-hydrogen) atoms. The van der Waals surface area contributed by atoms with E-state index in [0.29, 0.717) is 40.9 Å². The number of benzene rings is 2. The molecule has 0 saturated carbocycles. The molecule has 2 fully saturated rings. The second kappa shape index (κ2) is 8.82. The number of fused-ring (bicyclic) bond motifs is 2. The summed E-state index contributed by atoms with van der Waals surface area (Å²) in [6.07, 6.45) is 2.10. The summed E-state index contributed by atoms with van der Waals surface area (Å²) in [7, 11) is 0. The second-order valence-corrected chi connectivity index (χ2v) is 9.15. The molecule has 2 N–H and O–H groups in total. The van der Waals surface area contributed by atoms with Crippen molar-refractivity contribution >= 4 is 22.6 Å². The number of nitrogens with one attached hydrogen (secondary N) is 2. The average molecular weight is 457 g/mol. The van der Waals surface area contributed by atoms with Crippen molar-refractivity contribution in [3.8, 4) is 11.4 Å². The number of hydrogen-bond donors (Lipinski definition) is 2. The van der Waals surface area contributed by atoms with Crippen molar-refractivity contribution in [3.63, 3.8) is 0 Å². The number of alkyl halides is 3. The van der Waals surface area contributed by atoms with Gasteiger partial charge in [-0.05, 0) is 87.2 Å². The largest absolute Gasteiger partial charge is 0.416 e. The Kier molecular flexibility index (Phi) is 5.86. The molecule has 2 aliphatic rings. The highest BCUT2D eigenvalue weighted by molar-refractivity contribution is 5.91. The highest BCUT2D eigenvalue weighted by atomic mass is 19.4. The molecule has 0 aliphatic carbocycles. The predicted octanol–water partition coefficient (Wildman–Crippen LogP) is 5.84. The predicted molar refractivity (Wildman–Crippen MR) is 122 cm³/mol. The van der Waals surface area contributed by atoms with Gasteiger partial charge in [0.05, 0.1) is 16.6 Å². The lowest BCUT2D eigenvalue weighted by molar-refractivity contribution is -0.137. The SMILES string of the molecule is O=C(C[C@@H]1CCCN2CCCC[C@H]12)Nc1ccc(-c2nc3ccc(C(F)(F)F)cc3[nH]2)cc1. The number of hydrogen-bond acceptors (Lipinski definition) is 3. The third kappa shape index (κ3) is 4.76. The van der Waals surface area contributed by atoms with Crippen molar-refractivity contribution < 1.29 is 18.0 Å². The Bertz CT molecular complexity index is 1140. The molecule has 5 rings (SSSR count). The average Bonchev–Trinajstić information content (AvgIpc) is 3.23. The standard InChI is InChI=1S/C25H27F3N4O/c26-25(27,28)18-8-11-20-21(15-18)31-24(30-20)16-6-9-19(10-7-16)29-23(33)14-17-4-3-13-32-12-2-1-5-22(17)32/h6-11,15,17,22H,1-5,12-14H2,(H,29,33)(H,30,31)/t17-,22+/m0/s1. The van der Waals surface area contributed by atoms with Crippen LogP contribution in [-0.4, -0.2) is 39.9 Å². The maximum absolute atomic E-state index is 13.0. The van der Waals surface area contributed by atoms with Crippen LogP contribution in [0.1, 0.15) is 44.1 Å². The zero-order valence-electron chi connectivity index (χ0n) is 18.3. The van der Waals surface area contributed by atoms with Gasteiger partial charge in [0.15, 0.2) is 0 Å². The topological polar surface area (TPSA) is 61.0 Å². The van der Waals surface area contributed by atoms with Crippen molar-refractivity contribution in [3.05, 3.63) is 48.0 Å². The van der Waals surface area contributed by atoms with Crippen molar-refractivity contribution in [2.75, 3.05) is 18.4 Å². The minimum Gasteiger partial charge on any atom is -0.338 e. The van der Waals surface area contributed by atoms with Crippen molar-refractivity contribution in [1.29, 1.82) is 0 Å². The summed E-state index contributed by atoms with van der Waals surface area (Å²) in [6.45, 7) is 2.31. The van der Waals surface area contributed by atoms with Gasteiger partial charge in [-0.3, -0.25) is 4.79 Å². The van der Waals surface area contributed by atoms with E-state index in [4.69, 9.17) is 0 Å². The highest BCUT2D eigenvalue weighted by Crippen LogP contribution is 2.34. The third-order valence-electron chi connectivity index (χ3n) is 6.93. The molecule has 1 amide bonds. The number of aromatic amines is 1. The molecule has 0 radical (unpaired) electrons. The minimum absolute atomic E-state index is 0.0311. The van der Waals surface area contributed by atoms with Gasteiger partial charge in [-0.2, -0.15) is 13.2 Å². The smallest absolute Gasteiger partial charge is 0.338 e. The summed E-state index contributed by atoms with van der Waals surface area (Å²) in [5.74, 6) is 0.931. The summed E-state index contributed by atoms with van der Waals surface area (Å²) in [6, 6.07) is 11.2. The van der Waals surface area contributed by atoms with Gasteiger partial charge in [0.1, 0.15) is 5.82 Å². The van der Waals surface area contributed by atoms with Gasteiger partial charge in [-0.15, -0.1) is 0 Å². The summed E-state index contributed by atoms with van der Waals surface area (Å²) in [4.78, 5) is 22.6. The van der Waals surface area contributed by atoms with E-state index in [-0.39, 0.29) is 5.91 Å². The summed E-state index contributed by atoms with van der Waals surface area (Å²) in [5, 5.41) is 3.00. The molecule has 0 bridgehead atoms. The number of halogens is 3. The molecule has 0 spiro atoms. The van der Waals surface area contributed by atoms with Crippen LogP contribution in [0.3, 0.4) is 0 Å². The fourth-order valence-electron chi connectivity index (χ4n) is 5.30. The summed E-state index contributed by atoms with van der Waals surface area (Å²) < 4.78 is 38.9. The third-order valence-corrected chi connectivity index (χ3v) is 6.93. The molecule has 2 aliphatic heterocycles. The number of carbonyl (C=O) groups is 1. The Morgan fingerprint density at radius 1 is 1.06 bits per heavy atom. The first-order chi connectivity index (χ1) is 15.9. The molecule has 5 nitrogen and oxygen atoms in total. The molecule has 174 valence electrons. The van der Waals surface area contributed by atoms with Crippen LogP contribution in [0.15, 0.2) is 42.5 Å². The number of piperidine rings is 2. The first-order valence-electron chi connectivity index (χ1n) is 11.6. The van der Waals surface area contributed by atoms with Crippen molar-refractivity contribution in [1.82, 2.24) is 14.9 Å². The molecule has 2 aromatic carbocycles. The van der Waals surface area contributed by atoms with E-state index < -0.39 is 11.7 Å². The fourth-order valence-corrected chi connectivity index (χ4v) is 5.30. The van der Waals surface area contributed by atoms with E-state index >= 15 is 0 Å². The van der Waals surface area contributed by atoms with Crippen molar-refractivity contribution in [2.45, 2.75) is 50.7 Å². The van der Waals surface area contributed by atoms with Gasteiger partial charge in [0.25, 0.3) is 0 Å². The van der Waals surface area contributed by atoms with E-state index in [2.05, 4.69) is 20.2 Å². The molecular formula is C25H27F3N4O. The van der Waals surface area contributed by atoms with Crippen LogP contribution in [0.4, 0.5) is 18.9 Å². The lowest BCUT2D eigenvalue weighted by Crippen LogP contribution is -2.48. The number of H-pyrrole nitrogens is 1. The van der Waals surface area contributed by atoms with E-state index in [0.717, 1.165) is 43.6 Å². The van der Waals surface area contributed by atoms with Gasteiger partial charge >= 0.3 is 6.18 Å². The Balaban J connectivity index is 1.24. The van der Waals surface area contributed by atoms with Gasteiger partial charge in [0, 0.05) is 23.7 Å². The molecule has 2 saturated heterocycles. The van der Waals surface area contributed by atoms with Crippen LogP contribution in [0, 0.1) is 5.92 Å². The van der Waals surface area contributed by atoms with Gasteiger partial charge in [0.2, 0.25) is 5.91 Å². The zero-order chi connectivity index (χ0) is 23.0. The number of imidazole rings is 1. The van der Waals surface area contributed by atoms with E-state index in [9.17, 15) is 18.0 Å². The van der Waals surface area contributed by atoms with Gasteiger partial charge in [-0.25, -0.2) is 4.98 Å². The zero-order valence-corrected chi connectivity index (χ0v) is 18.3. The second-order valence-electron chi connectivity index (χ2n) is 9.15. The summed E-state index contributed by atoms with van der Waals surface area (Å²) >= 11 is 0. The van der Waals surface area contributed by atoms with Crippen LogP contribution >= 0.6 is 0 Å². The fraction of sp³-hybridized carbons (Fsp3) is 0.440. The lowest BCUT2D eigenvalue weighted by Gasteiger charge is -2.44. The van der Waals surface area contributed by atoms with Crippen LogP contribution in [0.2, 0.25) is 0 Å². The number of rotatable bonds is 4. The quantitative estimate of drug-likeness (QED) is 0.518. The normalized spacial score (nSPS) is 21.7. The molecule has 3 heterocycles. The van der Waals surface area contributed by atoms with Crippen LogP contribution in [0.25, 0.3) is 22.4 Å². The highest BCUT2D eigenvalue weighted by Gasteiger charge is 2.34. The Labute approximate surface area is 190 Å². The Hall–Kier alpha value is -2.87. The maximum atomic E-state index is 13.0. The summed E-state index contributed by atoms with van der Waals surface area (Å²) in [5.41, 5.74) is 1.54. The number of nitrogens with zero attached hydrogens (tertiary/aromatic N) is 2. The monoisotopic (exact) mass is 456 g/mol. The molecular weight excluding hydrogens is 429 g/mol. The molecule has 2 atom stereocenters. The number of amides is 1. The Morgan fingerprint density at radius 2 is 1.85 bits per heavy atom. The molecule has 3 aromatic rings. The molecule has 8 heteroatoms. The Morgan fingerprint density at radius 3 is 2.64 bits per heavy atom. The van der Waals surface area contributed by atoms with Gasteiger partial charge < -0.3 is 15.2 Å². The number of carbonyl (C=O) groups excluding carboxylic acids is 1. The molecule has 1 aromatic heterocycles. The molecule has 0 unspecified atom stereocenters. The van der Waals surface area contributed by atoms with Crippen LogP contribution in [-0.2, 0) is 11.0 Å². The number of aromatic nitrogens is 2. The van der Waals surface area contributed by atoms with Crippen molar-refractivity contribution in [2.24, 2.45) is 5.92 Å². The lowest BCUT2D eigenvalue weighted by atomic mass is 9.81. The van der Waals surface area contributed by atoms with Crippen LogP contribution in [0.5, 0.6) is 0 Å². The van der Waals surface area contributed by atoms with Crippen LogP contribution < -0.4 is 5.32 Å². The van der Waals surface area contributed by atoms with E-state index in [1.807, 2.05) is 12.1 Å². The van der Waals surface area contributed by atoms with E-state index in [1.165, 1.54) is 25.3 Å². The first kappa shape index (κ1) is 21.9. The minimum atomic E-state index is -4.40. The van der Waals surface area contributed by atoms with E-state index in [1.54, 1.807) is 12.1 Å².